The summed E-state index contributed by atoms with van der Waals surface area (Å²) in [5, 5.41) is 0. The molecule has 0 aliphatic heterocycles. The Hall–Kier alpha value is -0.386. The van der Waals surface area contributed by atoms with Gasteiger partial charge in [-0.2, -0.15) is 0 Å². The lowest BCUT2D eigenvalue weighted by Crippen LogP contribution is -2.41. The van der Waals surface area contributed by atoms with Crippen LogP contribution in [0.4, 0.5) is 0 Å². The second kappa shape index (κ2) is 19.4. The molecule has 2 aliphatic carbocycles. The van der Waals surface area contributed by atoms with E-state index in [2.05, 4.69) is 67.0 Å². The molecule has 0 aromatic rings. The molecular formula is C36H72N2O4Si2. The summed E-state index contributed by atoms with van der Waals surface area (Å²) in [5.41, 5.74) is 2.52. The Morgan fingerprint density at radius 2 is 0.841 bits per heavy atom. The Kier molecular flexibility index (Phi) is 17.6. The zero-order valence-corrected chi connectivity index (χ0v) is 33.0. The molecule has 0 saturated heterocycles. The van der Waals surface area contributed by atoms with Gasteiger partial charge in [-0.05, 0) is 114 Å². The lowest BCUT2D eigenvalue weighted by Gasteiger charge is -2.40. The molecule has 0 N–H and O–H groups in total. The van der Waals surface area contributed by atoms with E-state index in [-0.39, 0.29) is 0 Å². The third kappa shape index (κ3) is 13.4. The van der Waals surface area contributed by atoms with Crippen LogP contribution in [0.5, 0.6) is 0 Å². The first-order chi connectivity index (χ1) is 20.8. The summed E-state index contributed by atoms with van der Waals surface area (Å²) in [6.45, 7) is 24.7. The van der Waals surface area contributed by atoms with Crippen LogP contribution < -0.4 is 0 Å². The quantitative estimate of drug-likeness (QED) is 0.0792. The largest absolute Gasteiger partial charge is 0.418 e. The van der Waals surface area contributed by atoms with Crippen molar-refractivity contribution in [3.05, 3.63) is 0 Å². The van der Waals surface area contributed by atoms with Crippen LogP contribution >= 0.6 is 0 Å². The zero-order chi connectivity index (χ0) is 32.9. The van der Waals surface area contributed by atoms with E-state index in [1.165, 1.54) is 11.4 Å². The van der Waals surface area contributed by atoms with E-state index in [0.717, 1.165) is 90.3 Å². The van der Waals surface area contributed by atoms with Gasteiger partial charge in [0.25, 0.3) is 0 Å². The molecule has 0 heterocycles. The van der Waals surface area contributed by atoms with Crippen molar-refractivity contribution < 1.29 is 18.3 Å². The fourth-order valence-corrected chi connectivity index (χ4v) is 8.99. The molecule has 0 aromatic carbocycles. The molecule has 0 aromatic heterocycles. The third-order valence-corrected chi connectivity index (χ3v) is 12.2. The maximum absolute atomic E-state index is 6.34. The number of aliphatic imine (C=N–C) groups is 2. The molecule has 0 amide bonds. The predicted molar refractivity (Wildman–Crippen MR) is 195 cm³/mol. The van der Waals surface area contributed by atoms with Crippen LogP contribution in [0.1, 0.15) is 105 Å². The van der Waals surface area contributed by atoms with Crippen LogP contribution in [-0.4, -0.2) is 79.8 Å². The molecule has 2 saturated carbocycles. The van der Waals surface area contributed by atoms with E-state index in [1.807, 2.05) is 14.2 Å². The Labute approximate surface area is 275 Å². The van der Waals surface area contributed by atoms with E-state index in [1.54, 1.807) is 0 Å². The smallest absolute Gasteiger partial charge is 0.183 e. The van der Waals surface area contributed by atoms with Crippen LogP contribution in [0.15, 0.2) is 9.98 Å². The lowest BCUT2D eigenvalue weighted by atomic mass is 9.73. The first-order valence-electron chi connectivity index (χ1n) is 18.3. The summed E-state index contributed by atoms with van der Waals surface area (Å²) in [5.74, 6) is 2.19. The number of nitrogens with zero attached hydrogens (tertiary/aromatic N) is 2. The Morgan fingerprint density at radius 1 is 0.545 bits per heavy atom. The predicted octanol–water partition coefficient (Wildman–Crippen LogP) is 9.59. The van der Waals surface area contributed by atoms with Gasteiger partial charge < -0.3 is 18.3 Å². The molecule has 258 valence electrons. The minimum absolute atomic E-state index is 0.334. The van der Waals surface area contributed by atoms with E-state index >= 15 is 0 Å². The standard InChI is InChI=1S/C36H72N2O4Si2/c1-13-27-23-31(39-5)24-28(14-2)35(27)37-33(19-17-21-41-43(7,8)9)34(20-18-22-42-44(10,11)12)38-36-29(15-3)25-32(40-6)26-30(36)16-4/h27-32,35-36H,13-26H2,1-12H3. The number of rotatable bonds is 19. The molecule has 2 fully saturated rings. The average Bonchev–Trinajstić information content (AvgIpc) is 2.98. The maximum atomic E-state index is 6.34. The van der Waals surface area contributed by atoms with E-state index in [0.29, 0.717) is 48.0 Å². The van der Waals surface area contributed by atoms with E-state index < -0.39 is 16.6 Å². The summed E-state index contributed by atoms with van der Waals surface area (Å²) in [7, 11) is 0.632. The molecule has 2 rings (SSSR count). The highest BCUT2D eigenvalue weighted by atomic mass is 28.4. The van der Waals surface area contributed by atoms with Crippen molar-refractivity contribution in [3.63, 3.8) is 0 Å². The lowest BCUT2D eigenvalue weighted by molar-refractivity contribution is 0.0164. The van der Waals surface area contributed by atoms with Crippen molar-refractivity contribution >= 4 is 28.1 Å². The molecule has 44 heavy (non-hydrogen) atoms. The van der Waals surface area contributed by atoms with Gasteiger partial charge in [0.1, 0.15) is 0 Å². The Bertz CT molecular complexity index is 771. The van der Waals surface area contributed by atoms with Gasteiger partial charge in [-0.15, -0.1) is 0 Å². The topological polar surface area (TPSA) is 61.6 Å². The van der Waals surface area contributed by atoms with Crippen LogP contribution in [0, 0.1) is 23.7 Å². The van der Waals surface area contributed by atoms with Crippen LogP contribution in [0.25, 0.3) is 0 Å². The monoisotopic (exact) mass is 653 g/mol. The van der Waals surface area contributed by atoms with Crippen molar-refractivity contribution in [2.24, 2.45) is 33.7 Å². The van der Waals surface area contributed by atoms with Gasteiger partial charge in [0.05, 0.1) is 35.7 Å². The molecule has 4 atom stereocenters. The number of hydrogen-bond acceptors (Lipinski definition) is 6. The molecule has 8 heteroatoms. The van der Waals surface area contributed by atoms with Crippen molar-refractivity contribution in [2.45, 2.75) is 168 Å². The van der Waals surface area contributed by atoms with Gasteiger partial charge in [-0.25, -0.2) is 0 Å². The first-order valence-corrected chi connectivity index (χ1v) is 25.1. The Balaban J connectivity index is 2.56. The normalized spacial score (nSPS) is 31.0. The second-order valence-electron chi connectivity index (χ2n) is 15.6. The van der Waals surface area contributed by atoms with E-state index in [4.69, 9.17) is 28.3 Å². The minimum Gasteiger partial charge on any atom is -0.418 e. The minimum atomic E-state index is -1.57. The van der Waals surface area contributed by atoms with Crippen LogP contribution in [0.2, 0.25) is 39.3 Å². The summed E-state index contributed by atoms with van der Waals surface area (Å²) >= 11 is 0. The summed E-state index contributed by atoms with van der Waals surface area (Å²) in [6, 6.07) is 0.668. The van der Waals surface area contributed by atoms with Crippen molar-refractivity contribution in [3.8, 4) is 0 Å². The molecule has 2 aliphatic rings. The summed E-state index contributed by atoms with van der Waals surface area (Å²) in [6.07, 6.45) is 13.6. The molecule has 0 radical (unpaired) electrons. The summed E-state index contributed by atoms with van der Waals surface area (Å²) < 4.78 is 24.5. The average molecular weight is 653 g/mol. The maximum Gasteiger partial charge on any atom is 0.183 e. The van der Waals surface area contributed by atoms with Gasteiger partial charge in [0.2, 0.25) is 0 Å². The van der Waals surface area contributed by atoms with Crippen molar-refractivity contribution in [1.82, 2.24) is 0 Å². The van der Waals surface area contributed by atoms with Gasteiger partial charge in [-0.1, -0.05) is 53.4 Å². The van der Waals surface area contributed by atoms with E-state index in [9.17, 15) is 0 Å². The first kappa shape index (κ1) is 39.8. The second-order valence-corrected chi connectivity index (χ2v) is 24.6. The van der Waals surface area contributed by atoms with Crippen LogP contribution in [0.3, 0.4) is 0 Å². The SMILES string of the molecule is CCC1CC(OC)CC(CC)C1N=C(CCCO[Si](C)(C)C)C(CCCO[Si](C)(C)C)=NC1C(CC)CC(OC)CC1CC. The van der Waals surface area contributed by atoms with Gasteiger partial charge >= 0.3 is 0 Å². The van der Waals surface area contributed by atoms with Crippen molar-refractivity contribution in [1.29, 1.82) is 0 Å². The van der Waals surface area contributed by atoms with Crippen molar-refractivity contribution in [2.75, 3.05) is 27.4 Å². The van der Waals surface area contributed by atoms with Gasteiger partial charge in [-0.3, -0.25) is 9.98 Å². The molecular weight excluding hydrogens is 581 g/mol. The highest BCUT2D eigenvalue weighted by molar-refractivity contribution is 6.70. The molecule has 4 unspecified atom stereocenters. The molecule has 0 spiro atoms. The van der Waals surface area contributed by atoms with Gasteiger partial charge in [0, 0.05) is 27.4 Å². The van der Waals surface area contributed by atoms with Crippen LogP contribution in [-0.2, 0) is 18.3 Å². The zero-order valence-electron chi connectivity index (χ0n) is 31.0. The highest BCUT2D eigenvalue weighted by Crippen LogP contribution is 2.39. The summed E-state index contributed by atoms with van der Waals surface area (Å²) in [4.78, 5) is 11.6. The highest BCUT2D eigenvalue weighted by Gasteiger charge is 2.38. The molecule has 0 bridgehead atoms. The Morgan fingerprint density at radius 3 is 1.07 bits per heavy atom. The number of hydrogen-bond donors (Lipinski definition) is 0. The molecule has 6 nitrogen and oxygen atoms in total. The number of ether oxygens (including phenoxy) is 2. The third-order valence-electron chi connectivity index (χ3n) is 10.1. The fourth-order valence-electron chi connectivity index (χ4n) is 7.47. The van der Waals surface area contributed by atoms with Gasteiger partial charge in [0.15, 0.2) is 16.6 Å². The fraction of sp³-hybridized carbons (Fsp3) is 0.944. The number of methoxy groups -OCH3 is 2.